The van der Waals surface area contributed by atoms with Crippen LogP contribution in [0.3, 0.4) is 0 Å². The number of benzene rings is 2. The molecule has 0 aliphatic heterocycles. The maximum Gasteiger partial charge on any atom is 0.335 e. The first-order valence-corrected chi connectivity index (χ1v) is 6.02. The minimum Gasteiger partial charge on any atom is -0.478 e. The van der Waals surface area contributed by atoms with E-state index in [2.05, 4.69) is 9.97 Å². The van der Waals surface area contributed by atoms with Crippen LogP contribution in [0.4, 0.5) is 5.69 Å². The number of nitrogens with one attached hydrogen (secondary N) is 1. The molecular formula is C14H9N3O4. The van der Waals surface area contributed by atoms with Crippen LogP contribution in [0.5, 0.6) is 0 Å². The van der Waals surface area contributed by atoms with Gasteiger partial charge in [-0.15, -0.1) is 0 Å². The van der Waals surface area contributed by atoms with Crippen molar-refractivity contribution in [3.05, 3.63) is 58.1 Å². The van der Waals surface area contributed by atoms with E-state index in [-0.39, 0.29) is 11.3 Å². The molecule has 1 heterocycles. The third kappa shape index (κ3) is 2.32. The van der Waals surface area contributed by atoms with Crippen LogP contribution in [-0.2, 0) is 0 Å². The van der Waals surface area contributed by atoms with Crippen LogP contribution < -0.4 is 0 Å². The molecule has 21 heavy (non-hydrogen) atoms. The molecule has 0 saturated carbocycles. The summed E-state index contributed by atoms with van der Waals surface area (Å²) >= 11 is 0. The van der Waals surface area contributed by atoms with E-state index in [9.17, 15) is 14.9 Å². The molecule has 2 aromatic carbocycles. The van der Waals surface area contributed by atoms with Crippen LogP contribution >= 0.6 is 0 Å². The molecule has 0 aliphatic carbocycles. The number of aromatic amines is 1. The summed E-state index contributed by atoms with van der Waals surface area (Å²) in [5.74, 6) is -0.481. The van der Waals surface area contributed by atoms with Gasteiger partial charge in [0, 0.05) is 17.7 Å². The van der Waals surface area contributed by atoms with Crippen LogP contribution in [0.25, 0.3) is 22.4 Å². The lowest BCUT2D eigenvalue weighted by atomic mass is 10.2. The number of carbonyl (C=O) groups is 1. The predicted molar refractivity (Wildman–Crippen MR) is 75.1 cm³/mol. The van der Waals surface area contributed by atoms with Gasteiger partial charge in [-0.3, -0.25) is 10.1 Å². The smallest absolute Gasteiger partial charge is 0.335 e. The summed E-state index contributed by atoms with van der Waals surface area (Å²) in [7, 11) is 0. The highest BCUT2D eigenvalue weighted by molar-refractivity contribution is 5.93. The van der Waals surface area contributed by atoms with Crippen molar-refractivity contribution in [3.63, 3.8) is 0 Å². The minimum absolute atomic E-state index is 0.00280. The number of nitro groups is 1. The highest BCUT2D eigenvalue weighted by Crippen LogP contribution is 2.23. The molecule has 3 rings (SSSR count). The number of H-pyrrole nitrogens is 1. The zero-order valence-corrected chi connectivity index (χ0v) is 10.6. The highest BCUT2D eigenvalue weighted by atomic mass is 16.6. The largest absolute Gasteiger partial charge is 0.478 e. The first kappa shape index (κ1) is 12.8. The van der Waals surface area contributed by atoms with Crippen LogP contribution in [-0.4, -0.2) is 26.0 Å². The number of carboxylic acids is 1. The monoisotopic (exact) mass is 283 g/mol. The second kappa shape index (κ2) is 4.71. The molecule has 2 N–H and O–H groups in total. The topological polar surface area (TPSA) is 109 Å². The fraction of sp³-hybridized carbons (Fsp3) is 0. The number of rotatable bonds is 3. The summed E-state index contributed by atoms with van der Waals surface area (Å²) in [5, 5.41) is 19.6. The summed E-state index contributed by atoms with van der Waals surface area (Å²) < 4.78 is 0. The standard InChI is InChI=1S/C14H9N3O4/c18-14(19)9-3-6-11-12(7-9)16-13(15-11)8-1-4-10(5-2-8)17(20)21/h1-7H,(H,15,16)(H,18,19). The summed E-state index contributed by atoms with van der Waals surface area (Å²) in [5.41, 5.74) is 2.09. The number of hydrogen-bond donors (Lipinski definition) is 2. The molecule has 0 aliphatic rings. The Kier molecular flexibility index (Phi) is 2.87. The Morgan fingerprint density at radius 1 is 1.19 bits per heavy atom. The highest BCUT2D eigenvalue weighted by Gasteiger charge is 2.10. The average Bonchev–Trinajstić information content (AvgIpc) is 2.90. The van der Waals surface area contributed by atoms with E-state index in [1.54, 1.807) is 18.2 Å². The van der Waals surface area contributed by atoms with E-state index in [0.717, 1.165) is 0 Å². The van der Waals surface area contributed by atoms with E-state index in [1.165, 1.54) is 24.3 Å². The van der Waals surface area contributed by atoms with Crippen molar-refractivity contribution >= 4 is 22.7 Å². The predicted octanol–water partition coefficient (Wildman–Crippen LogP) is 2.84. The molecule has 0 amide bonds. The lowest BCUT2D eigenvalue weighted by Gasteiger charge is -1.95. The molecule has 0 fully saturated rings. The van der Waals surface area contributed by atoms with Crippen LogP contribution in [0, 0.1) is 10.1 Å². The Labute approximate surface area is 118 Å². The van der Waals surface area contributed by atoms with Crippen molar-refractivity contribution in [3.8, 4) is 11.4 Å². The van der Waals surface area contributed by atoms with Gasteiger partial charge in [0.05, 0.1) is 21.5 Å². The Bertz CT molecular complexity index is 852. The van der Waals surface area contributed by atoms with E-state index >= 15 is 0 Å². The molecule has 0 unspecified atom stereocenters. The number of aromatic carboxylic acids is 1. The number of nitrogens with zero attached hydrogens (tertiary/aromatic N) is 2. The SMILES string of the molecule is O=C(O)c1ccc2nc(-c3ccc([N+](=O)[O-])cc3)[nH]c2c1. The molecule has 0 bridgehead atoms. The number of fused-ring (bicyclic) bond motifs is 1. The summed E-state index contributed by atoms with van der Waals surface area (Å²) in [6, 6.07) is 10.6. The Hall–Kier alpha value is -3.22. The van der Waals surface area contributed by atoms with E-state index in [0.29, 0.717) is 22.4 Å². The fourth-order valence-electron chi connectivity index (χ4n) is 2.02. The number of aromatic nitrogens is 2. The minimum atomic E-state index is -1.01. The Morgan fingerprint density at radius 2 is 1.90 bits per heavy atom. The Morgan fingerprint density at radius 3 is 2.52 bits per heavy atom. The fourth-order valence-corrected chi connectivity index (χ4v) is 2.02. The third-order valence-corrected chi connectivity index (χ3v) is 3.08. The van der Waals surface area contributed by atoms with Crippen molar-refractivity contribution in [1.82, 2.24) is 9.97 Å². The first-order chi connectivity index (χ1) is 10.0. The number of non-ortho nitro benzene ring substituents is 1. The van der Waals surface area contributed by atoms with Gasteiger partial charge in [-0.2, -0.15) is 0 Å². The van der Waals surface area contributed by atoms with E-state index < -0.39 is 10.9 Å². The molecule has 3 aromatic rings. The molecule has 0 saturated heterocycles. The van der Waals surface area contributed by atoms with Crippen molar-refractivity contribution in [2.45, 2.75) is 0 Å². The first-order valence-electron chi connectivity index (χ1n) is 6.02. The normalized spacial score (nSPS) is 10.7. The molecule has 0 radical (unpaired) electrons. The average molecular weight is 283 g/mol. The summed E-state index contributed by atoms with van der Waals surface area (Å²) in [4.78, 5) is 28.4. The van der Waals surface area contributed by atoms with Gasteiger partial charge in [0.2, 0.25) is 0 Å². The maximum absolute atomic E-state index is 10.9. The molecule has 7 heteroatoms. The lowest BCUT2D eigenvalue weighted by Crippen LogP contribution is -1.94. The van der Waals surface area contributed by atoms with Crippen molar-refractivity contribution in [1.29, 1.82) is 0 Å². The molecule has 7 nitrogen and oxygen atoms in total. The van der Waals surface area contributed by atoms with Crippen molar-refractivity contribution < 1.29 is 14.8 Å². The van der Waals surface area contributed by atoms with Crippen molar-refractivity contribution in [2.75, 3.05) is 0 Å². The molecule has 1 aromatic heterocycles. The number of imidazole rings is 1. The van der Waals surface area contributed by atoms with Gasteiger partial charge < -0.3 is 10.1 Å². The van der Waals surface area contributed by atoms with Gasteiger partial charge in [0.25, 0.3) is 5.69 Å². The van der Waals surface area contributed by atoms with E-state index in [1.807, 2.05) is 0 Å². The summed E-state index contributed by atoms with van der Waals surface area (Å²) in [6.45, 7) is 0. The quantitative estimate of drug-likeness (QED) is 0.567. The Balaban J connectivity index is 2.04. The van der Waals surface area contributed by atoms with Gasteiger partial charge in [-0.1, -0.05) is 0 Å². The van der Waals surface area contributed by atoms with Gasteiger partial charge in [0.15, 0.2) is 0 Å². The number of nitro benzene ring substituents is 1. The molecule has 0 atom stereocenters. The number of carboxylic acid groups (broad SMARTS) is 1. The van der Waals surface area contributed by atoms with Crippen LogP contribution in [0.15, 0.2) is 42.5 Å². The summed E-state index contributed by atoms with van der Waals surface area (Å²) in [6.07, 6.45) is 0. The van der Waals surface area contributed by atoms with Gasteiger partial charge in [0.1, 0.15) is 5.82 Å². The number of hydrogen-bond acceptors (Lipinski definition) is 4. The zero-order chi connectivity index (χ0) is 15.0. The van der Waals surface area contributed by atoms with E-state index in [4.69, 9.17) is 5.11 Å². The molecular weight excluding hydrogens is 274 g/mol. The van der Waals surface area contributed by atoms with Gasteiger partial charge in [-0.25, -0.2) is 9.78 Å². The van der Waals surface area contributed by atoms with Gasteiger partial charge in [-0.05, 0) is 30.3 Å². The van der Waals surface area contributed by atoms with Crippen molar-refractivity contribution in [2.24, 2.45) is 0 Å². The molecule has 104 valence electrons. The zero-order valence-electron chi connectivity index (χ0n) is 10.6. The van der Waals surface area contributed by atoms with Gasteiger partial charge >= 0.3 is 5.97 Å². The molecule has 0 spiro atoms. The maximum atomic E-state index is 10.9. The third-order valence-electron chi connectivity index (χ3n) is 3.08. The second-order valence-electron chi connectivity index (χ2n) is 4.43. The second-order valence-corrected chi connectivity index (χ2v) is 4.43. The van der Waals surface area contributed by atoms with Crippen LogP contribution in [0.1, 0.15) is 10.4 Å². The van der Waals surface area contributed by atoms with Crippen LogP contribution in [0.2, 0.25) is 0 Å². The lowest BCUT2D eigenvalue weighted by molar-refractivity contribution is -0.384.